The molecule has 0 bridgehead atoms. The summed E-state index contributed by atoms with van der Waals surface area (Å²) in [4.78, 5) is 0. The van der Waals surface area contributed by atoms with Crippen LogP contribution in [0.5, 0.6) is 0 Å². The molecule has 2 heteroatoms. The van der Waals surface area contributed by atoms with E-state index < -0.39 is 0 Å². The molecule has 1 atom stereocenters. The second-order valence-electron chi connectivity index (χ2n) is 3.97. The summed E-state index contributed by atoms with van der Waals surface area (Å²) in [5.74, 6) is 0.525. The van der Waals surface area contributed by atoms with Gasteiger partial charge in [0, 0.05) is 5.54 Å². The van der Waals surface area contributed by atoms with Crippen molar-refractivity contribution in [3.63, 3.8) is 0 Å². The normalized spacial score (nSPS) is 16.4. The molecule has 0 aliphatic heterocycles. The molecular weight excluding hydrogens is 166 g/mol. The summed E-state index contributed by atoms with van der Waals surface area (Å²) >= 11 is 1.74. The van der Waals surface area contributed by atoms with E-state index in [9.17, 15) is 0 Å². The van der Waals surface area contributed by atoms with Crippen molar-refractivity contribution in [2.24, 2.45) is 11.7 Å². The summed E-state index contributed by atoms with van der Waals surface area (Å²) in [6, 6.07) is 2.15. The Morgan fingerprint density at radius 3 is 2.67 bits per heavy atom. The van der Waals surface area contributed by atoms with Crippen molar-refractivity contribution in [2.45, 2.75) is 32.7 Å². The van der Waals surface area contributed by atoms with E-state index in [0.29, 0.717) is 5.92 Å². The maximum atomic E-state index is 6.16. The van der Waals surface area contributed by atoms with E-state index in [0.717, 1.165) is 6.42 Å². The third-order valence-electron chi connectivity index (χ3n) is 2.48. The molecule has 0 radical (unpaired) electrons. The molecule has 0 fully saturated rings. The van der Waals surface area contributed by atoms with Gasteiger partial charge in [-0.15, -0.1) is 0 Å². The van der Waals surface area contributed by atoms with E-state index in [1.54, 1.807) is 11.3 Å². The zero-order valence-corrected chi connectivity index (χ0v) is 8.82. The molecule has 1 heterocycles. The van der Waals surface area contributed by atoms with Gasteiger partial charge < -0.3 is 5.73 Å². The van der Waals surface area contributed by atoms with Gasteiger partial charge in [0.25, 0.3) is 0 Å². The number of rotatable bonds is 3. The molecule has 0 amide bonds. The fraction of sp³-hybridized carbons (Fsp3) is 0.600. The lowest BCUT2D eigenvalue weighted by Crippen LogP contribution is -2.43. The quantitative estimate of drug-likeness (QED) is 0.766. The fourth-order valence-electron chi connectivity index (χ4n) is 1.04. The highest BCUT2D eigenvalue weighted by atomic mass is 32.1. The van der Waals surface area contributed by atoms with Crippen LogP contribution in [0.1, 0.15) is 26.3 Å². The average molecular weight is 183 g/mol. The minimum absolute atomic E-state index is 0.0684. The van der Waals surface area contributed by atoms with Crippen molar-refractivity contribution in [2.75, 3.05) is 0 Å². The number of nitrogens with two attached hydrogens (primary N) is 1. The van der Waals surface area contributed by atoms with Gasteiger partial charge in [0.05, 0.1) is 0 Å². The van der Waals surface area contributed by atoms with Crippen molar-refractivity contribution in [1.82, 2.24) is 0 Å². The fourth-order valence-corrected chi connectivity index (χ4v) is 1.71. The van der Waals surface area contributed by atoms with Gasteiger partial charge in [-0.25, -0.2) is 0 Å². The molecule has 0 saturated heterocycles. The molecule has 68 valence electrons. The van der Waals surface area contributed by atoms with Gasteiger partial charge in [-0.3, -0.25) is 0 Å². The highest BCUT2D eigenvalue weighted by Gasteiger charge is 2.23. The molecule has 2 N–H and O–H groups in total. The summed E-state index contributed by atoms with van der Waals surface area (Å²) in [7, 11) is 0. The maximum Gasteiger partial charge on any atom is 0.0190 e. The lowest BCUT2D eigenvalue weighted by molar-refractivity contribution is 0.338. The molecule has 0 aliphatic carbocycles. The summed E-state index contributed by atoms with van der Waals surface area (Å²) in [6.45, 7) is 6.47. The summed E-state index contributed by atoms with van der Waals surface area (Å²) < 4.78 is 0. The third-order valence-corrected chi connectivity index (χ3v) is 3.22. The van der Waals surface area contributed by atoms with Crippen LogP contribution in [-0.2, 0) is 6.42 Å². The van der Waals surface area contributed by atoms with E-state index in [1.165, 1.54) is 5.56 Å². The van der Waals surface area contributed by atoms with Gasteiger partial charge >= 0.3 is 0 Å². The van der Waals surface area contributed by atoms with E-state index in [1.807, 2.05) is 0 Å². The van der Waals surface area contributed by atoms with Gasteiger partial charge in [-0.05, 0) is 41.7 Å². The van der Waals surface area contributed by atoms with Crippen LogP contribution in [0.15, 0.2) is 16.8 Å². The highest BCUT2D eigenvalue weighted by Crippen LogP contribution is 2.20. The second-order valence-corrected chi connectivity index (χ2v) is 4.75. The SMILES string of the molecule is CC(C)C(C)(N)Cc1ccsc1. The molecule has 1 aromatic rings. The Morgan fingerprint density at radius 1 is 1.58 bits per heavy atom. The van der Waals surface area contributed by atoms with Crippen LogP contribution >= 0.6 is 11.3 Å². The van der Waals surface area contributed by atoms with Crippen LogP contribution in [0.25, 0.3) is 0 Å². The Morgan fingerprint density at radius 2 is 2.25 bits per heavy atom. The predicted octanol–water partition coefficient (Wildman–Crippen LogP) is 2.66. The second kappa shape index (κ2) is 3.58. The van der Waals surface area contributed by atoms with Gasteiger partial charge in [-0.1, -0.05) is 13.8 Å². The molecule has 0 saturated carbocycles. The van der Waals surface area contributed by atoms with Crippen LogP contribution in [-0.4, -0.2) is 5.54 Å². The topological polar surface area (TPSA) is 26.0 Å². The molecule has 1 nitrogen and oxygen atoms in total. The largest absolute Gasteiger partial charge is 0.325 e. The lowest BCUT2D eigenvalue weighted by atomic mass is 9.84. The van der Waals surface area contributed by atoms with Crippen molar-refractivity contribution in [3.8, 4) is 0 Å². The molecule has 1 aromatic heterocycles. The Kier molecular flexibility index (Phi) is 2.91. The zero-order chi connectivity index (χ0) is 9.19. The smallest absolute Gasteiger partial charge is 0.0190 e. The minimum Gasteiger partial charge on any atom is -0.325 e. The lowest BCUT2D eigenvalue weighted by Gasteiger charge is -2.28. The Bertz CT molecular complexity index is 224. The van der Waals surface area contributed by atoms with E-state index in [-0.39, 0.29) is 5.54 Å². The standard InChI is InChI=1S/C10H17NS/c1-8(2)10(3,11)6-9-4-5-12-7-9/h4-5,7-8H,6,11H2,1-3H3. The average Bonchev–Trinajstić information content (AvgIpc) is 2.38. The van der Waals surface area contributed by atoms with E-state index >= 15 is 0 Å². The predicted molar refractivity (Wildman–Crippen MR) is 55.5 cm³/mol. The van der Waals surface area contributed by atoms with Gasteiger partial charge in [0.15, 0.2) is 0 Å². The van der Waals surface area contributed by atoms with Crippen LogP contribution in [0.3, 0.4) is 0 Å². The summed E-state index contributed by atoms with van der Waals surface area (Å²) in [6.07, 6.45) is 0.980. The monoisotopic (exact) mass is 183 g/mol. The van der Waals surface area contributed by atoms with E-state index in [4.69, 9.17) is 5.73 Å². The highest BCUT2D eigenvalue weighted by molar-refractivity contribution is 7.07. The zero-order valence-electron chi connectivity index (χ0n) is 8.00. The van der Waals surface area contributed by atoms with Crippen molar-refractivity contribution < 1.29 is 0 Å². The third kappa shape index (κ3) is 2.32. The first-order valence-electron chi connectivity index (χ1n) is 4.32. The Hall–Kier alpha value is -0.340. The van der Waals surface area contributed by atoms with Crippen LogP contribution in [0, 0.1) is 5.92 Å². The van der Waals surface area contributed by atoms with Crippen LogP contribution in [0.2, 0.25) is 0 Å². The molecule has 0 aromatic carbocycles. The van der Waals surface area contributed by atoms with Crippen molar-refractivity contribution >= 4 is 11.3 Å². The van der Waals surface area contributed by atoms with Crippen molar-refractivity contribution in [3.05, 3.63) is 22.4 Å². The minimum atomic E-state index is -0.0684. The van der Waals surface area contributed by atoms with E-state index in [2.05, 4.69) is 37.6 Å². The Balaban J connectivity index is 2.62. The molecular formula is C10H17NS. The van der Waals surface area contributed by atoms with Gasteiger partial charge in [0.2, 0.25) is 0 Å². The van der Waals surface area contributed by atoms with Crippen LogP contribution < -0.4 is 5.73 Å². The summed E-state index contributed by atoms with van der Waals surface area (Å²) in [5, 5.41) is 4.28. The number of hydrogen-bond donors (Lipinski definition) is 1. The number of thiophene rings is 1. The molecule has 12 heavy (non-hydrogen) atoms. The first-order chi connectivity index (χ1) is 5.52. The maximum absolute atomic E-state index is 6.16. The van der Waals surface area contributed by atoms with Gasteiger partial charge in [-0.2, -0.15) is 11.3 Å². The van der Waals surface area contributed by atoms with Gasteiger partial charge in [0.1, 0.15) is 0 Å². The van der Waals surface area contributed by atoms with Crippen LogP contribution in [0.4, 0.5) is 0 Å². The Labute approximate surface area is 78.6 Å². The number of hydrogen-bond acceptors (Lipinski definition) is 2. The van der Waals surface area contributed by atoms with Crippen molar-refractivity contribution in [1.29, 1.82) is 0 Å². The summed E-state index contributed by atoms with van der Waals surface area (Å²) in [5.41, 5.74) is 7.45. The molecule has 1 unspecified atom stereocenters. The molecule has 0 aliphatic rings. The first kappa shape index (κ1) is 9.75. The molecule has 1 rings (SSSR count). The first-order valence-corrected chi connectivity index (χ1v) is 5.26. The molecule has 0 spiro atoms.